The monoisotopic (exact) mass is 416 g/mol. The van der Waals surface area contributed by atoms with Crippen LogP contribution in [-0.4, -0.2) is 58.5 Å². The van der Waals surface area contributed by atoms with Crippen LogP contribution in [0.3, 0.4) is 0 Å². The molecule has 162 valence electrons. The molecule has 0 radical (unpaired) electrons. The van der Waals surface area contributed by atoms with E-state index < -0.39 is 24.2 Å². The molecule has 1 N–H and O–H groups in total. The first-order valence-electron chi connectivity index (χ1n) is 10.00. The number of anilines is 1. The van der Waals surface area contributed by atoms with E-state index >= 15 is 0 Å². The van der Waals surface area contributed by atoms with Crippen LogP contribution in [0.25, 0.3) is 0 Å². The zero-order valence-electron chi connectivity index (χ0n) is 16.8. The highest BCUT2D eigenvalue weighted by Crippen LogP contribution is 2.42. The van der Waals surface area contributed by atoms with E-state index in [0.29, 0.717) is 19.5 Å². The lowest BCUT2D eigenvalue weighted by Crippen LogP contribution is -2.50. The third-order valence-corrected chi connectivity index (χ3v) is 5.60. The van der Waals surface area contributed by atoms with Crippen LogP contribution in [0.15, 0.2) is 6.20 Å². The van der Waals surface area contributed by atoms with E-state index in [1.807, 2.05) is 13.8 Å². The average Bonchev–Trinajstić information content (AvgIpc) is 3.10. The van der Waals surface area contributed by atoms with E-state index in [-0.39, 0.29) is 42.2 Å². The van der Waals surface area contributed by atoms with E-state index in [4.69, 9.17) is 4.74 Å². The number of hydrogen-bond donors (Lipinski definition) is 1. The maximum absolute atomic E-state index is 13.8. The van der Waals surface area contributed by atoms with Crippen LogP contribution >= 0.6 is 0 Å². The summed E-state index contributed by atoms with van der Waals surface area (Å²) in [4.78, 5) is 26.3. The number of fused-ring (bicyclic) bond motifs is 1. The quantitative estimate of drug-likeness (QED) is 0.763. The second-order valence-corrected chi connectivity index (χ2v) is 7.96. The molecular weight excluding hydrogens is 389 g/mol. The molecule has 2 aliphatic rings. The minimum atomic E-state index is -4.50. The molecule has 0 aliphatic carbocycles. The second kappa shape index (κ2) is 8.23. The third kappa shape index (κ3) is 4.35. The van der Waals surface area contributed by atoms with Crippen molar-refractivity contribution in [1.29, 1.82) is 0 Å². The summed E-state index contributed by atoms with van der Waals surface area (Å²) in [6, 6.07) is -2.36. The van der Waals surface area contributed by atoms with E-state index in [2.05, 4.69) is 10.4 Å². The summed E-state index contributed by atoms with van der Waals surface area (Å²) in [5.74, 6) is -0.963. The third-order valence-electron chi connectivity index (χ3n) is 5.60. The number of nitrogens with one attached hydrogen (secondary N) is 1. The van der Waals surface area contributed by atoms with Gasteiger partial charge in [0.2, 0.25) is 5.91 Å². The summed E-state index contributed by atoms with van der Waals surface area (Å²) in [5.41, 5.74) is -0.00303. The Kier molecular flexibility index (Phi) is 6.09. The zero-order chi connectivity index (χ0) is 21.3. The van der Waals surface area contributed by atoms with E-state index in [0.717, 1.165) is 17.3 Å². The molecule has 1 aromatic rings. The van der Waals surface area contributed by atoms with Crippen molar-refractivity contribution in [3.8, 4) is 0 Å². The predicted octanol–water partition coefficient (Wildman–Crippen LogP) is 3.24. The first-order chi connectivity index (χ1) is 13.6. The predicted molar refractivity (Wildman–Crippen MR) is 99.4 cm³/mol. The molecule has 0 unspecified atom stereocenters. The molecule has 0 bridgehead atoms. The van der Waals surface area contributed by atoms with Gasteiger partial charge in [0.1, 0.15) is 11.4 Å². The van der Waals surface area contributed by atoms with Crippen molar-refractivity contribution in [3.05, 3.63) is 11.8 Å². The number of amides is 1. The number of esters is 1. The summed E-state index contributed by atoms with van der Waals surface area (Å²) in [7, 11) is 0. The summed E-state index contributed by atoms with van der Waals surface area (Å²) in [6.07, 6.45) is -2.13. The van der Waals surface area contributed by atoms with Gasteiger partial charge < -0.3 is 15.0 Å². The molecule has 2 aliphatic heterocycles. The lowest BCUT2D eigenvalue weighted by molar-refractivity contribution is -0.175. The molecule has 1 fully saturated rings. The highest BCUT2D eigenvalue weighted by atomic mass is 19.4. The number of carbonyl (C=O) groups is 2. The average molecular weight is 416 g/mol. The minimum absolute atomic E-state index is 0.00303. The van der Waals surface area contributed by atoms with Gasteiger partial charge in [-0.15, -0.1) is 0 Å². The molecule has 0 spiro atoms. The number of carbonyl (C=O) groups excluding carboxylic acids is 2. The second-order valence-electron chi connectivity index (χ2n) is 7.96. The number of piperidine rings is 1. The van der Waals surface area contributed by atoms with Gasteiger partial charge in [-0.05, 0) is 32.1 Å². The molecule has 29 heavy (non-hydrogen) atoms. The van der Waals surface area contributed by atoms with Gasteiger partial charge in [0, 0.05) is 25.0 Å². The molecule has 3 heterocycles. The molecule has 1 saturated heterocycles. The molecule has 7 nitrogen and oxygen atoms in total. The minimum Gasteiger partial charge on any atom is -0.462 e. The van der Waals surface area contributed by atoms with Crippen molar-refractivity contribution in [2.45, 2.75) is 58.3 Å². The Labute approximate surface area is 167 Å². The number of likely N-dealkylation sites (tertiary alicyclic amines) is 1. The van der Waals surface area contributed by atoms with Crippen LogP contribution in [-0.2, 0) is 9.53 Å². The molecule has 1 amide bonds. The maximum atomic E-state index is 13.8. The molecule has 0 aromatic carbocycles. The Hall–Kier alpha value is -2.26. The summed E-state index contributed by atoms with van der Waals surface area (Å²) in [5, 5.41) is 6.93. The molecular formula is C19H27F3N4O3. The van der Waals surface area contributed by atoms with Crippen molar-refractivity contribution in [3.63, 3.8) is 0 Å². The fraction of sp³-hybridized carbons (Fsp3) is 0.737. The van der Waals surface area contributed by atoms with Crippen LogP contribution in [0.1, 0.15) is 56.4 Å². The van der Waals surface area contributed by atoms with Crippen LogP contribution < -0.4 is 5.32 Å². The molecule has 10 heteroatoms. The first-order valence-corrected chi connectivity index (χ1v) is 10.00. The van der Waals surface area contributed by atoms with E-state index in [1.54, 1.807) is 11.8 Å². The highest BCUT2D eigenvalue weighted by molar-refractivity contribution is 5.94. The SMILES string of the molecule is CCOC(=O)c1cnn2c1N[C@H]([C@H]1CCCN(C(=O)C(C)C)C1)C[C@@H]2C(F)(F)F. The number of alkyl halides is 3. The largest absolute Gasteiger partial charge is 0.462 e. The Morgan fingerprint density at radius 1 is 1.38 bits per heavy atom. The van der Waals surface area contributed by atoms with Gasteiger partial charge in [0.25, 0.3) is 0 Å². The molecule has 0 saturated carbocycles. The van der Waals surface area contributed by atoms with Gasteiger partial charge in [0.05, 0.1) is 12.8 Å². The van der Waals surface area contributed by atoms with Crippen LogP contribution in [0.5, 0.6) is 0 Å². The fourth-order valence-corrected chi connectivity index (χ4v) is 4.16. The number of rotatable bonds is 4. The van der Waals surface area contributed by atoms with Crippen molar-refractivity contribution in [2.75, 3.05) is 25.0 Å². The van der Waals surface area contributed by atoms with Gasteiger partial charge in [-0.25, -0.2) is 9.48 Å². The van der Waals surface area contributed by atoms with Crippen molar-refractivity contribution >= 4 is 17.7 Å². The zero-order valence-corrected chi connectivity index (χ0v) is 16.8. The normalized spacial score (nSPS) is 24.8. The topological polar surface area (TPSA) is 76.5 Å². The Balaban J connectivity index is 1.88. The lowest BCUT2D eigenvalue weighted by Gasteiger charge is -2.42. The van der Waals surface area contributed by atoms with Crippen LogP contribution in [0.4, 0.5) is 19.0 Å². The first kappa shape index (κ1) is 21.4. The number of aromatic nitrogens is 2. The Morgan fingerprint density at radius 3 is 2.72 bits per heavy atom. The Morgan fingerprint density at radius 2 is 2.10 bits per heavy atom. The summed E-state index contributed by atoms with van der Waals surface area (Å²) >= 11 is 0. The van der Waals surface area contributed by atoms with Crippen molar-refractivity contribution < 1.29 is 27.5 Å². The molecule has 3 atom stereocenters. The van der Waals surface area contributed by atoms with Crippen LogP contribution in [0, 0.1) is 11.8 Å². The van der Waals surface area contributed by atoms with E-state index in [9.17, 15) is 22.8 Å². The van der Waals surface area contributed by atoms with Crippen molar-refractivity contribution in [2.24, 2.45) is 11.8 Å². The van der Waals surface area contributed by atoms with E-state index in [1.165, 1.54) is 0 Å². The lowest BCUT2D eigenvalue weighted by atomic mass is 9.85. The van der Waals surface area contributed by atoms with Gasteiger partial charge in [0.15, 0.2) is 6.04 Å². The summed E-state index contributed by atoms with van der Waals surface area (Å²) < 4.78 is 47.1. The van der Waals surface area contributed by atoms with Gasteiger partial charge >= 0.3 is 12.1 Å². The fourth-order valence-electron chi connectivity index (χ4n) is 4.16. The van der Waals surface area contributed by atoms with Gasteiger partial charge in [-0.3, -0.25) is 4.79 Å². The Bertz CT molecular complexity index is 762. The standard InChI is InChI=1S/C19H27F3N4O3/c1-4-29-18(28)13-9-23-26-15(19(20,21)22)8-14(24-16(13)26)12-6-5-7-25(10-12)17(27)11(2)3/h9,11-12,14-15,24H,4-8,10H2,1-3H3/t12-,14-,15+/m0/s1. The van der Waals surface area contributed by atoms with Crippen molar-refractivity contribution in [1.82, 2.24) is 14.7 Å². The number of halogens is 3. The molecule has 1 aromatic heterocycles. The number of ether oxygens (including phenoxy) is 1. The van der Waals surface area contributed by atoms with Gasteiger partial charge in [-0.1, -0.05) is 13.8 Å². The number of hydrogen-bond acceptors (Lipinski definition) is 5. The van der Waals surface area contributed by atoms with Gasteiger partial charge in [-0.2, -0.15) is 18.3 Å². The smallest absolute Gasteiger partial charge is 0.410 e. The van der Waals surface area contributed by atoms with Crippen LogP contribution in [0.2, 0.25) is 0 Å². The number of nitrogens with zero attached hydrogens (tertiary/aromatic N) is 3. The highest BCUT2D eigenvalue weighted by Gasteiger charge is 2.48. The molecule has 3 rings (SSSR count). The summed E-state index contributed by atoms with van der Waals surface area (Å²) in [6.45, 7) is 6.40. The maximum Gasteiger partial charge on any atom is 0.410 e.